The molecule has 0 atom stereocenters. The monoisotopic (exact) mass is 588 g/mol. The zero-order chi connectivity index (χ0) is 23.7. The van der Waals surface area contributed by atoms with Gasteiger partial charge in [0.05, 0.1) is 11.4 Å². The summed E-state index contributed by atoms with van der Waals surface area (Å²) in [6, 6.07) is 9.05. The molecule has 2 N–H and O–H groups in total. The van der Waals surface area contributed by atoms with Crippen LogP contribution >= 0.6 is 22.6 Å². The predicted molar refractivity (Wildman–Crippen MR) is 113 cm³/mol. The van der Waals surface area contributed by atoms with Gasteiger partial charge in [0.1, 0.15) is 22.1 Å². The molecular weight excluding hydrogens is 577 g/mol. The van der Waals surface area contributed by atoms with Gasteiger partial charge in [-0.3, -0.25) is 4.72 Å². The third-order valence-electron chi connectivity index (χ3n) is 3.89. The van der Waals surface area contributed by atoms with Crippen LogP contribution < -0.4 is 14.8 Å². The molecule has 0 radical (unpaired) electrons. The van der Waals surface area contributed by atoms with Crippen LogP contribution in [0, 0.1) is 21.0 Å². The maximum Gasteiger partial charge on any atom is 0.573 e. The Labute approximate surface area is 191 Å². The molecule has 3 aromatic rings. The molecule has 0 saturated heterocycles. The lowest BCUT2D eigenvalue weighted by atomic mass is 10.2. The summed E-state index contributed by atoms with van der Waals surface area (Å²) >= 11 is 1.82. The molecule has 3 rings (SSSR count). The Hall–Kier alpha value is -2.68. The van der Waals surface area contributed by atoms with E-state index in [2.05, 4.69) is 10.1 Å². The van der Waals surface area contributed by atoms with Gasteiger partial charge in [-0.1, -0.05) is 12.1 Å². The van der Waals surface area contributed by atoms with E-state index in [-0.39, 0.29) is 5.69 Å². The van der Waals surface area contributed by atoms with Crippen LogP contribution in [0.3, 0.4) is 0 Å². The van der Waals surface area contributed by atoms with E-state index in [1.165, 1.54) is 12.1 Å². The Kier molecular flexibility index (Phi) is 6.78. The molecule has 32 heavy (non-hydrogen) atoms. The maximum atomic E-state index is 14.5. The second-order valence-electron chi connectivity index (χ2n) is 6.13. The lowest BCUT2D eigenvalue weighted by Gasteiger charge is -2.17. The predicted octanol–water partition coefficient (Wildman–Crippen LogP) is 6.15. The molecule has 0 aliphatic carbocycles. The fraction of sp³-hybridized carbons (Fsp3) is 0.0526. The third-order valence-corrected chi connectivity index (χ3v) is 5.97. The highest BCUT2D eigenvalue weighted by molar-refractivity contribution is 14.1. The van der Waals surface area contributed by atoms with E-state index >= 15 is 0 Å². The van der Waals surface area contributed by atoms with Gasteiger partial charge in [-0.25, -0.2) is 21.6 Å². The maximum absolute atomic E-state index is 14.5. The van der Waals surface area contributed by atoms with Crippen LogP contribution in [-0.4, -0.2) is 14.8 Å². The number of para-hydroxylation sites is 1. The Morgan fingerprint density at radius 2 is 1.53 bits per heavy atom. The Balaban J connectivity index is 2.04. The van der Waals surface area contributed by atoms with Crippen molar-refractivity contribution in [3.05, 3.63) is 75.6 Å². The number of hydrogen-bond donors (Lipinski definition) is 2. The van der Waals surface area contributed by atoms with E-state index in [9.17, 15) is 34.8 Å². The van der Waals surface area contributed by atoms with Crippen molar-refractivity contribution in [3.8, 4) is 5.75 Å². The number of sulfonamides is 1. The number of anilines is 3. The molecule has 0 amide bonds. The van der Waals surface area contributed by atoms with Crippen molar-refractivity contribution in [1.29, 1.82) is 0 Å². The fourth-order valence-corrected chi connectivity index (χ4v) is 4.22. The molecule has 0 aromatic heterocycles. The standard InChI is InChI=1S/C19H11F6IN2O3S/c20-11-6-8-14(18(17(11)22)27-13-7-5-10(26)9-12(13)21)28-32(29,30)16-4-2-1-3-15(16)31-19(23,24)25/h1-9,27-28H. The first-order valence-electron chi connectivity index (χ1n) is 8.45. The minimum atomic E-state index is -5.18. The first-order chi connectivity index (χ1) is 14.9. The summed E-state index contributed by atoms with van der Waals surface area (Å²) in [6.45, 7) is 0. The van der Waals surface area contributed by atoms with Crippen LogP contribution in [0.5, 0.6) is 5.75 Å². The van der Waals surface area contributed by atoms with E-state index in [4.69, 9.17) is 0 Å². The highest BCUT2D eigenvalue weighted by atomic mass is 127. The first kappa shape index (κ1) is 24.0. The lowest BCUT2D eigenvalue weighted by Crippen LogP contribution is -2.21. The molecule has 0 spiro atoms. The fourth-order valence-electron chi connectivity index (χ4n) is 2.56. The average Bonchev–Trinajstić information content (AvgIpc) is 2.68. The van der Waals surface area contributed by atoms with Gasteiger partial charge in [-0.2, -0.15) is 0 Å². The van der Waals surface area contributed by atoms with Crippen LogP contribution in [0.4, 0.5) is 43.4 Å². The molecule has 0 fully saturated rings. The highest BCUT2D eigenvalue weighted by Crippen LogP contribution is 2.35. The lowest BCUT2D eigenvalue weighted by molar-refractivity contribution is -0.275. The zero-order valence-corrected chi connectivity index (χ0v) is 18.4. The molecule has 0 aliphatic heterocycles. The van der Waals surface area contributed by atoms with Gasteiger partial charge < -0.3 is 10.1 Å². The Bertz CT molecular complexity index is 1270. The molecule has 170 valence electrons. The first-order valence-corrected chi connectivity index (χ1v) is 11.0. The van der Waals surface area contributed by atoms with Gasteiger partial charge in [0.2, 0.25) is 0 Å². The van der Waals surface area contributed by atoms with Gasteiger partial charge in [0.25, 0.3) is 10.0 Å². The van der Waals surface area contributed by atoms with E-state index in [1.807, 2.05) is 27.3 Å². The van der Waals surface area contributed by atoms with Crippen LogP contribution in [0.25, 0.3) is 0 Å². The van der Waals surface area contributed by atoms with Gasteiger partial charge in [-0.15, -0.1) is 13.2 Å². The molecular formula is C19H11F6IN2O3S. The van der Waals surface area contributed by atoms with Crippen LogP contribution in [0.15, 0.2) is 59.5 Å². The average molecular weight is 588 g/mol. The number of benzene rings is 3. The zero-order valence-electron chi connectivity index (χ0n) is 15.5. The molecule has 3 aromatic carbocycles. The van der Waals surface area contributed by atoms with Crippen LogP contribution in [0.2, 0.25) is 0 Å². The number of rotatable bonds is 6. The molecule has 13 heteroatoms. The van der Waals surface area contributed by atoms with Crippen LogP contribution in [0.1, 0.15) is 0 Å². The van der Waals surface area contributed by atoms with Gasteiger partial charge in [0.15, 0.2) is 11.6 Å². The number of ether oxygens (including phenoxy) is 1. The van der Waals surface area contributed by atoms with E-state index in [0.29, 0.717) is 9.64 Å². The largest absolute Gasteiger partial charge is 0.573 e. The van der Waals surface area contributed by atoms with Crippen molar-refractivity contribution in [3.63, 3.8) is 0 Å². The normalized spacial score (nSPS) is 11.8. The van der Waals surface area contributed by atoms with Gasteiger partial charge in [-0.05, 0) is 65.1 Å². The van der Waals surface area contributed by atoms with Crippen molar-refractivity contribution < 1.29 is 39.5 Å². The summed E-state index contributed by atoms with van der Waals surface area (Å²) in [6.07, 6.45) is -5.18. The van der Waals surface area contributed by atoms with Crippen molar-refractivity contribution in [2.45, 2.75) is 11.3 Å². The quantitative estimate of drug-likeness (QED) is 0.268. The summed E-state index contributed by atoms with van der Waals surface area (Å²) in [5, 5.41) is 2.27. The van der Waals surface area contributed by atoms with Crippen molar-refractivity contribution in [1.82, 2.24) is 0 Å². The Morgan fingerprint density at radius 3 is 2.19 bits per heavy atom. The molecule has 5 nitrogen and oxygen atoms in total. The number of nitrogens with one attached hydrogen (secondary N) is 2. The number of alkyl halides is 3. The number of hydrogen-bond acceptors (Lipinski definition) is 4. The summed E-state index contributed by atoms with van der Waals surface area (Å²) in [5.41, 5.74) is -1.65. The van der Waals surface area contributed by atoms with E-state index < -0.39 is 55.9 Å². The summed E-state index contributed by atoms with van der Waals surface area (Å²) in [7, 11) is -4.78. The summed E-state index contributed by atoms with van der Waals surface area (Å²) in [4.78, 5) is -0.909. The highest BCUT2D eigenvalue weighted by Gasteiger charge is 2.34. The van der Waals surface area contributed by atoms with Crippen molar-refractivity contribution in [2.24, 2.45) is 0 Å². The van der Waals surface area contributed by atoms with Crippen molar-refractivity contribution >= 4 is 49.7 Å². The smallest absolute Gasteiger partial charge is 0.404 e. The van der Waals surface area contributed by atoms with Gasteiger partial charge >= 0.3 is 6.36 Å². The van der Waals surface area contributed by atoms with Crippen molar-refractivity contribution in [2.75, 3.05) is 10.0 Å². The van der Waals surface area contributed by atoms with Gasteiger partial charge in [0, 0.05) is 3.57 Å². The summed E-state index contributed by atoms with van der Waals surface area (Å²) < 4.78 is 112. The molecule has 0 heterocycles. The second-order valence-corrected chi connectivity index (χ2v) is 9.03. The SMILES string of the molecule is O=S(=O)(Nc1ccc(F)c(F)c1Nc1ccc(I)cc1F)c1ccccc1OC(F)(F)F. The molecule has 0 bridgehead atoms. The van der Waals surface area contributed by atoms with E-state index in [1.54, 1.807) is 0 Å². The third kappa shape index (κ3) is 5.56. The topological polar surface area (TPSA) is 67.4 Å². The van der Waals surface area contributed by atoms with E-state index in [0.717, 1.165) is 36.4 Å². The number of halogens is 7. The molecule has 0 aliphatic rings. The van der Waals surface area contributed by atoms with Crippen LogP contribution in [-0.2, 0) is 10.0 Å². The Morgan fingerprint density at radius 1 is 0.875 bits per heavy atom. The minimum Gasteiger partial charge on any atom is -0.404 e. The molecule has 0 saturated carbocycles. The minimum absolute atomic E-state index is 0.295. The molecule has 0 unspecified atom stereocenters. The summed E-state index contributed by atoms with van der Waals surface area (Å²) in [5.74, 6) is -4.78. The second kappa shape index (κ2) is 9.05.